The fraction of sp³-hybridized carbons (Fsp3) is 0.385. The lowest BCUT2D eigenvalue weighted by atomic mass is 10.2. The van der Waals surface area contributed by atoms with Gasteiger partial charge in [-0.25, -0.2) is 0 Å². The van der Waals surface area contributed by atoms with Crippen molar-refractivity contribution in [3.05, 3.63) is 30.2 Å². The van der Waals surface area contributed by atoms with Gasteiger partial charge in [0.2, 0.25) is 11.7 Å². The van der Waals surface area contributed by atoms with Gasteiger partial charge in [-0.15, -0.1) is 0 Å². The predicted octanol–water partition coefficient (Wildman–Crippen LogP) is 2.02. The third kappa shape index (κ3) is 3.07. The van der Waals surface area contributed by atoms with Gasteiger partial charge in [-0.05, 0) is 38.1 Å². The van der Waals surface area contributed by atoms with Gasteiger partial charge in [-0.3, -0.25) is 0 Å². The predicted molar refractivity (Wildman–Crippen MR) is 68.3 cm³/mol. The first-order valence-electron chi connectivity index (χ1n) is 5.99. The van der Waals surface area contributed by atoms with E-state index < -0.39 is 0 Å². The average molecular weight is 247 g/mol. The van der Waals surface area contributed by atoms with Crippen molar-refractivity contribution in [2.45, 2.75) is 26.4 Å². The minimum Gasteiger partial charge on any atom is -0.491 e. The number of hydrogen-bond acceptors (Lipinski definition) is 5. The number of ether oxygens (including phenoxy) is 1. The van der Waals surface area contributed by atoms with Crippen molar-refractivity contribution in [1.29, 1.82) is 0 Å². The number of nitrogens with zero attached hydrogens (tertiary/aromatic N) is 2. The third-order valence-corrected chi connectivity index (χ3v) is 2.31. The van der Waals surface area contributed by atoms with E-state index in [-0.39, 0.29) is 6.10 Å². The first-order valence-corrected chi connectivity index (χ1v) is 5.99. The zero-order valence-corrected chi connectivity index (χ0v) is 10.6. The van der Waals surface area contributed by atoms with E-state index in [2.05, 4.69) is 10.1 Å². The molecule has 0 saturated carbocycles. The molecule has 2 rings (SSSR count). The highest BCUT2D eigenvalue weighted by Crippen LogP contribution is 2.20. The van der Waals surface area contributed by atoms with Gasteiger partial charge >= 0.3 is 0 Å². The first-order chi connectivity index (χ1) is 8.69. The number of hydrogen-bond donors (Lipinski definition) is 1. The molecule has 0 aliphatic carbocycles. The van der Waals surface area contributed by atoms with Crippen LogP contribution in [-0.2, 0) is 6.42 Å². The first kappa shape index (κ1) is 12.6. The van der Waals surface area contributed by atoms with Gasteiger partial charge < -0.3 is 15.0 Å². The van der Waals surface area contributed by atoms with E-state index in [9.17, 15) is 0 Å². The minimum atomic E-state index is 0.164. The molecule has 1 aromatic carbocycles. The Balaban J connectivity index is 2.12. The van der Waals surface area contributed by atoms with Crippen LogP contribution in [-0.4, -0.2) is 22.8 Å². The quantitative estimate of drug-likeness (QED) is 0.875. The maximum Gasteiger partial charge on any atom is 0.228 e. The second kappa shape index (κ2) is 5.64. The van der Waals surface area contributed by atoms with Crippen LogP contribution >= 0.6 is 0 Å². The molecule has 18 heavy (non-hydrogen) atoms. The molecule has 1 heterocycles. The molecule has 5 heteroatoms. The van der Waals surface area contributed by atoms with E-state index in [0.717, 1.165) is 11.3 Å². The second-order valence-corrected chi connectivity index (χ2v) is 4.24. The number of nitrogens with two attached hydrogens (primary N) is 1. The Hall–Kier alpha value is -1.88. The van der Waals surface area contributed by atoms with Gasteiger partial charge in [-0.2, -0.15) is 4.98 Å². The third-order valence-electron chi connectivity index (χ3n) is 2.31. The van der Waals surface area contributed by atoms with Gasteiger partial charge in [0.25, 0.3) is 0 Å². The summed E-state index contributed by atoms with van der Waals surface area (Å²) in [5.41, 5.74) is 6.33. The van der Waals surface area contributed by atoms with Crippen LogP contribution in [0.15, 0.2) is 28.8 Å². The molecule has 0 aliphatic heterocycles. The molecular formula is C13H17N3O2. The van der Waals surface area contributed by atoms with Gasteiger partial charge in [0, 0.05) is 18.5 Å². The van der Waals surface area contributed by atoms with E-state index in [0.29, 0.717) is 24.7 Å². The SMILES string of the molecule is CC(C)Oc1ccc(-c2noc(CCN)n2)cc1. The van der Waals surface area contributed by atoms with E-state index in [4.69, 9.17) is 15.0 Å². The van der Waals surface area contributed by atoms with Gasteiger partial charge in [-0.1, -0.05) is 5.16 Å². The summed E-state index contributed by atoms with van der Waals surface area (Å²) in [6, 6.07) is 7.62. The standard InChI is InChI=1S/C13H17N3O2/c1-9(2)17-11-5-3-10(4-6-11)13-15-12(7-8-14)18-16-13/h3-6,9H,7-8,14H2,1-2H3. The molecule has 0 saturated heterocycles. The van der Waals surface area contributed by atoms with Crippen LogP contribution in [0.2, 0.25) is 0 Å². The van der Waals surface area contributed by atoms with Gasteiger partial charge in [0.15, 0.2) is 0 Å². The Morgan fingerprint density at radius 2 is 2.00 bits per heavy atom. The Labute approximate surface area is 106 Å². The van der Waals surface area contributed by atoms with Crippen molar-refractivity contribution in [1.82, 2.24) is 10.1 Å². The van der Waals surface area contributed by atoms with Crippen LogP contribution in [0.5, 0.6) is 5.75 Å². The summed E-state index contributed by atoms with van der Waals surface area (Å²) in [5, 5.41) is 3.91. The fourth-order valence-electron chi connectivity index (χ4n) is 1.55. The van der Waals surface area contributed by atoms with Crippen LogP contribution < -0.4 is 10.5 Å². The van der Waals surface area contributed by atoms with Crippen LogP contribution in [0.25, 0.3) is 11.4 Å². The Morgan fingerprint density at radius 3 is 2.61 bits per heavy atom. The Bertz CT molecular complexity index is 491. The Morgan fingerprint density at radius 1 is 1.28 bits per heavy atom. The lowest BCUT2D eigenvalue weighted by molar-refractivity contribution is 0.242. The van der Waals surface area contributed by atoms with Crippen LogP contribution in [0.3, 0.4) is 0 Å². The maximum atomic E-state index is 5.57. The van der Waals surface area contributed by atoms with E-state index in [1.807, 2.05) is 38.1 Å². The summed E-state index contributed by atoms with van der Waals surface area (Å²) in [6.45, 7) is 4.49. The highest BCUT2D eigenvalue weighted by molar-refractivity contribution is 5.55. The fourth-order valence-corrected chi connectivity index (χ4v) is 1.55. The maximum absolute atomic E-state index is 5.57. The summed E-state index contributed by atoms with van der Waals surface area (Å²) in [7, 11) is 0. The average Bonchev–Trinajstić information content (AvgIpc) is 2.78. The van der Waals surface area contributed by atoms with Crippen molar-refractivity contribution >= 4 is 0 Å². The zero-order valence-electron chi connectivity index (χ0n) is 10.6. The van der Waals surface area contributed by atoms with E-state index in [1.54, 1.807) is 0 Å². The van der Waals surface area contributed by atoms with Crippen LogP contribution in [0, 0.1) is 0 Å². The summed E-state index contributed by atoms with van der Waals surface area (Å²) in [5.74, 6) is 1.98. The minimum absolute atomic E-state index is 0.164. The van der Waals surface area contributed by atoms with Crippen LogP contribution in [0.1, 0.15) is 19.7 Å². The smallest absolute Gasteiger partial charge is 0.228 e. The number of benzene rings is 1. The normalized spacial score (nSPS) is 10.9. The van der Waals surface area contributed by atoms with Crippen molar-refractivity contribution in [2.24, 2.45) is 5.73 Å². The summed E-state index contributed by atoms with van der Waals surface area (Å²) >= 11 is 0. The second-order valence-electron chi connectivity index (χ2n) is 4.24. The zero-order chi connectivity index (χ0) is 13.0. The highest BCUT2D eigenvalue weighted by atomic mass is 16.5. The lowest BCUT2D eigenvalue weighted by Crippen LogP contribution is -2.05. The molecular weight excluding hydrogens is 230 g/mol. The largest absolute Gasteiger partial charge is 0.491 e. The lowest BCUT2D eigenvalue weighted by Gasteiger charge is -2.09. The Kier molecular flexibility index (Phi) is 3.94. The molecule has 0 bridgehead atoms. The van der Waals surface area contributed by atoms with Crippen molar-refractivity contribution in [3.63, 3.8) is 0 Å². The van der Waals surface area contributed by atoms with Gasteiger partial charge in [0.05, 0.1) is 6.10 Å². The molecule has 0 fully saturated rings. The molecule has 2 N–H and O–H groups in total. The summed E-state index contributed by atoms with van der Waals surface area (Å²) in [4.78, 5) is 4.26. The molecule has 0 spiro atoms. The molecule has 0 atom stereocenters. The van der Waals surface area contributed by atoms with Gasteiger partial charge in [0.1, 0.15) is 5.75 Å². The molecule has 0 aliphatic rings. The summed E-state index contributed by atoms with van der Waals surface area (Å²) in [6.07, 6.45) is 0.763. The molecule has 5 nitrogen and oxygen atoms in total. The van der Waals surface area contributed by atoms with Crippen molar-refractivity contribution in [3.8, 4) is 17.1 Å². The van der Waals surface area contributed by atoms with Crippen LogP contribution in [0.4, 0.5) is 0 Å². The number of aromatic nitrogens is 2. The van der Waals surface area contributed by atoms with E-state index >= 15 is 0 Å². The highest BCUT2D eigenvalue weighted by Gasteiger charge is 2.08. The topological polar surface area (TPSA) is 74.2 Å². The van der Waals surface area contributed by atoms with Crippen molar-refractivity contribution < 1.29 is 9.26 Å². The summed E-state index contributed by atoms with van der Waals surface area (Å²) < 4.78 is 10.6. The molecule has 0 radical (unpaired) electrons. The van der Waals surface area contributed by atoms with Crippen molar-refractivity contribution in [2.75, 3.05) is 6.54 Å². The molecule has 0 unspecified atom stereocenters. The molecule has 1 aromatic heterocycles. The molecule has 0 amide bonds. The molecule has 2 aromatic rings. The number of rotatable bonds is 5. The van der Waals surface area contributed by atoms with E-state index in [1.165, 1.54) is 0 Å². The molecule has 96 valence electrons. The monoisotopic (exact) mass is 247 g/mol.